The number of nitrogens with zero attached hydrogens (tertiary/aromatic N) is 2. The van der Waals surface area contributed by atoms with Gasteiger partial charge in [0, 0.05) is 20.1 Å². The molecule has 5 heteroatoms. The van der Waals surface area contributed by atoms with E-state index in [0.29, 0.717) is 0 Å². The highest BCUT2D eigenvalue weighted by Gasteiger charge is 2.10. The molecule has 1 aromatic rings. The second-order valence-corrected chi connectivity index (χ2v) is 3.37. The zero-order valence-corrected chi connectivity index (χ0v) is 8.86. The highest BCUT2D eigenvalue weighted by molar-refractivity contribution is 5.44. The number of rotatable bonds is 3. The van der Waals surface area contributed by atoms with E-state index in [2.05, 4.69) is 20.7 Å². The van der Waals surface area contributed by atoms with Crippen LogP contribution in [0, 0.1) is 0 Å². The summed E-state index contributed by atoms with van der Waals surface area (Å²) in [4.78, 5) is 4.38. The van der Waals surface area contributed by atoms with Crippen LogP contribution >= 0.6 is 0 Å². The van der Waals surface area contributed by atoms with Gasteiger partial charge in [-0.25, -0.2) is 9.99 Å². The van der Waals surface area contributed by atoms with Gasteiger partial charge in [-0.15, -0.1) is 0 Å². The number of hydrazine groups is 1. The summed E-state index contributed by atoms with van der Waals surface area (Å²) in [6, 6.07) is 5.86. The van der Waals surface area contributed by atoms with Gasteiger partial charge in [-0.1, -0.05) is 6.07 Å². The Morgan fingerprint density at radius 1 is 1.27 bits per heavy atom. The third-order valence-corrected chi connectivity index (χ3v) is 2.29. The van der Waals surface area contributed by atoms with Crippen molar-refractivity contribution >= 4 is 11.6 Å². The first kappa shape index (κ1) is 10.2. The first-order chi connectivity index (χ1) is 7.38. The molecule has 2 heterocycles. The molecule has 1 aromatic heterocycles. The molecule has 2 N–H and O–H groups in total. The van der Waals surface area contributed by atoms with Crippen LogP contribution < -0.4 is 10.7 Å². The van der Waals surface area contributed by atoms with Crippen LogP contribution in [-0.2, 0) is 4.74 Å². The molecule has 2 rings (SSSR count). The summed E-state index contributed by atoms with van der Waals surface area (Å²) in [5.74, 6) is 1.73. The molecular weight excluding hydrogens is 192 g/mol. The summed E-state index contributed by atoms with van der Waals surface area (Å²) in [6.45, 7) is 3.34. The van der Waals surface area contributed by atoms with Crippen molar-refractivity contribution < 1.29 is 4.74 Å². The lowest BCUT2D eigenvalue weighted by Crippen LogP contribution is -2.40. The maximum atomic E-state index is 5.27. The zero-order valence-electron chi connectivity index (χ0n) is 8.86. The van der Waals surface area contributed by atoms with E-state index in [1.807, 2.05) is 25.2 Å². The molecule has 0 aliphatic carbocycles. The Balaban J connectivity index is 1.96. The van der Waals surface area contributed by atoms with Crippen LogP contribution in [0.2, 0.25) is 0 Å². The second kappa shape index (κ2) is 4.95. The topological polar surface area (TPSA) is 49.4 Å². The van der Waals surface area contributed by atoms with Gasteiger partial charge in [0.1, 0.15) is 11.6 Å². The number of ether oxygens (including phenoxy) is 1. The van der Waals surface area contributed by atoms with Crippen LogP contribution in [0.25, 0.3) is 0 Å². The Kier molecular flexibility index (Phi) is 3.37. The van der Waals surface area contributed by atoms with Crippen LogP contribution in [0.4, 0.5) is 11.6 Å². The van der Waals surface area contributed by atoms with Crippen molar-refractivity contribution in [2.45, 2.75) is 0 Å². The predicted molar refractivity (Wildman–Crippen MR) is 59.8 cm³/mol. The van der Waals surface area contributed by atoms with Crippen LogP contribution in [0.1, 0.15) is 0 Å². The Bertz CT molecular complexity index is 312. The molecule has 0 spiro atoms. The first-order valence-corrected chi connectivity index (χ1v) is 5.12. The summed E-state index contributed by atoms with van der Waals surface area (Å²) in [6.07, 6.45) is 0. The minimum absolute atomic E-state index is 0.777. The lowest BCUT2D eigenvalue weighted by molar-refractivity contribution is 0.0495. The predicted octanol–water partition coefficient (Wildman–Crippen LogP) is 0.782. The first-order valence-electron chi connectivity index (χ1n) is 5.12. The normalized spacial score (nSPS) is 17.4. The molecule has 0 saturated carbocycles. The Labute approximate surface area is 89.4 Å². The molecule has 5 nitrogen and oxygen atoms in total. The monoisotopic (exact) mass is 208 g/mol. The fraction of sp³-hybridized carbons (Fsp3) is 0.500. The minimum Gasteiger partial charge on any atom is -0.379 e. The van der Waals surface area contributed by atoms with Gasteiger partial charge < -0.3 is 15.5 Å². The molecule has 0 amide bonds. The van der Waals surface area contributed by atoms with Crippen molar-refractivity contribution in [2.75, 3.05) is 44.1 Å². The summed E-state index contributed by atoms with van der Waals surface area (Å²) in [5, 5.41) is 5.13. The summed E-state index contributed by atoms with van der Waals surface area (Å²) < 4.78 is 5.27. The molecule has 82 valence electrons. The standard InChI is InChI=1S/C10H16N4O/c1-11-9-3-2-4-10(12-9)13-14-5-7-15-8-6-14/h2-4H,5-8H2,1H3,(H2,11,12,13). The molecule has 15 heavy (non-hydrogen) atoms. The maximum Gasteiger partial charge on any atom is 0.142 e. The largest absolute Gasteiger partial charge is 0.379 e. The van der Waals surface area contributed by atoms with E-state index < -0.39 is 0 Å². The van der Waals surface area contributed by atoms with E-state index in [1.165, 1.54) is 0 Å². The van der Waals surface area contributed by atoms with Crippen molar-refractivity contribution in [3.63, 3.8) is 0 Å². The number of hydrogen-bond acceptors (Lipinski definition) is 5. The fourth-order valence-corrected chi connectivity index (χ4v) is 1.47. The van der Waals surface area contributed by atoms with E-state index in [1.54, 1.807) is 0 Å². The van der Waals surface area contributed by atoms with Gasteiger partial charge >= 0.3 is 0 Å². The van der Waals surface area contributed by atoms with Crippen LogP contribution in [-0.4, -0.2) is 43.3 Å². The molecule has 0 aromatic carbocycles. The Morgan fingerprint density at radius 2 is 2.00 bits per heavy atom. The molecule has 0 radical (unpaired) electrons. The third kappa shape index (κ3) is 2.81. The molecule has 1 fully saturated rings. The highest BCUT2D eigenvalue weighted by atomic mass is 16.5. The van der Waals surface area contributed by atoms with Gasteiger partial charge in [-0.05, 0) is 12.1 Å². The molecule has 1 aliphatic rings. The number of hydrogen-bond donors (Lipinski definition) is 2. The van der Waals surface area contributed by atoms with E-state index in [-0.39, 0.29) is 0 Å². The van der Waals surface area contributed by atoms with Gasteiger partial charge in [0.25, 0.3) is 0 Å². The highest BCUT2D eigenvalue weighted by Crippen LogP contribution is 2.09. The van der Waals surface area contributed by atoms with Gasteiger partial charge in [0.15, 0.2) is 0 Å². The van der Waals surface area contributed by atoms with Gasteiger partial charge in [0.2, 0.25) is 0 Å². The van der Waals surface area contributed by atoms with E-state index in [4.69, 9.17) is 4.74 Å². The molecule has 0 atom stereocenters. The van der Waals surface area contributed by atoms with E-state index >= 15 is 0 Å². The Hall–Kier alpha value is -1.33. The number of nitrogens with one attached hydrogen (secondary N) is 2. The smallest absolute Gasteiger partial charge is 0.142 e. The van der Waals surface area contributed by atoms with Gasteiger partial charge in [-0.3, -0.25) is 0 Å². The van der Waals surface area contributed by atoms with Crippen molar-refractivity contribution in [1.82, 2.24) is 9.99 Å². The van der Waals surface area contributed by atoms with Crippen LogP contribution in [0.5, 0.6) is 0 Å². The average molecular weight is 208 g/mol. The quantitative estimate of drug-likeness (QED) is 0.769. The third-order valence-electron chi connectivity index (χ3n) is 2.29. The second-order valence-electron chi connectivity index (χ2n) is 3.37. The zero-order chi connectivity index (χ0) is 10.5. The molecule has 1 aliphatic heterocycles. The van der Waals surface area contributed by atoms with Crippen molar-refractivity contribution in [1.29, 1.82) is 0 Å². The lowest BCUT2D eigenvalue weighted by atomic mass is 10.4. The van der Waals surface area contributed by atoms with E-state index in [9.17, 15) is 0 Å². The number of anilines is 2. The number of aromatic nitrogens is 1. The SMILES string of the molecule is CNc1cccc(NN2CCOCC2)n1. The van der Waals surface area contributed by atoms with Crippen LogP contribution in [0.3, 0.4) is 0 Å². The lowest BCUT2D eigenvalue weighted by Gasteiger charge is -2.27. The molecule has 0 unspecified atom stereocenters. The average Bonchev–Trinajstić information content (AvgIpc) is 2.31. The maximum absolute atomic E-state index is 5.27. The molecular formula is C10H16N4O. The summed E-state index contributed by atoms with van der Waals surface area (Å²) in [5.41, 5.74) is 3.26. The van der Waals surface area contributed by atoms with Crippen LogP contribution in [0.15, 0.2) is 18.2 Å². The van der Waals surface area contributed by atoms with Crippen molar-refractivity contribution in [2.24, 2.45) is 0 Å². The Morgan fingerprint density at radius 3 is 2.73 bits per heavy atom. The fourth-order valence-electron chi connectivity index (χ4n) is 1.47. The van der Waals surface area contributed by atoms with E-state index in [0.717, 1.165) is 37.9 Å². The minimum atomic E-state index is 0.777. The van der Waals surface area contributed by atoms with Gasteiger partial charge in [-0.2, -0.15) is 0 Å². The molecule has 0 bridgehead atoms. The summed E-state index contributed by atoms with van der Waals surface area (Å²) in [7, 11) is 1.86. The van der Waals surface area contributed by atoms with Crippen molar-refractivity contribution in [3.05, 3.63) is 18.2 Å². The summed E-state index contributed by atoms with van der Waals surface area (Å²) >= 11 is 0. The number of morpholine rings is 1. The van der Waals surface area contributed by atoms with Crippen molar-refractivity contribution in [3.8, 4) is 0 Å². The number of pyridine rings is 1. The molecule has 1 saturated heterocycles. The van der Waals surface area contributed by atoms with Gasteiger partial charge in [0.05, 0.1) is 13.2 Å².